The Morgan fingerprint density at radius 3 is 2.58 bits per heavy atom. The predicted molar refractivity (Wildman–Crippen MR) is 77.0 cm³/mol. The summed E-state index contributed by atoms with van der Waals surface area (Å²) in [6.45, 7) is 7.77. The molecule has 0 aliphatic rings. The van der Waals surface area contributed by atoms with Crippen molar-refractivity contribution < 1.29 is 4.74 Å². The van der Waals surface area contributed by atoms with Crippen LogP contribution >= 0.6 is 0 Å². The first-order valence-corrected chi connectivity index (χ1v) is 6.76. The third-order valence-electron chi connectivity index (χ3n) is 2.94. The van der Waals surface area contributed by atoms with E-state index >= 15 is 0 Å². The maximum absolute atomic E-state index is 5.72. The van der Waals surface area contributed by atoms with Gasteiger partial charge in [0.15, 0.2) is 0 Å². The Balaban J connectivity index is 2.22. The van der Waals surface area contributed by atoms with Crippen molar-refractivity contribution in [1.29, 1.82) is 0 Å². The molecular weight excluding hydrogens is 238 g/mol. The second-order valence-electron chi connectivity index (χ2n) is 4.80. The minimum Gasteiger partial charge on any atom is -0.377 e. The van der Waals surface area contributed by atoms with Crippen LogP contribution in [-0.2, 0) is 4.74 Å². The fourth-order valence-electron chi connectivity index (χ4n) is 2.01. The van der Waals surface area contributed by atoms with Crippen LogP contribution in [0.3, 0.4) is 0 Å². The van der Waals surface area contributed by atoms with E-state index in [0.29, 0.717) is 6.61 Å². The summed E-state index contributed by atoms with van der Waals surface area (Å²) in [7, 11) is 0. The lowest BCUT2D eigenvalue weighted by Gasteiger charge is -2.20. The second kappa shape index (κ2) is 6.59. The highest BCUT2D eigenvalue weighted by Crippen LogP contribution is 2.18. The molecule has 0 fully saturated rings. The zero-order chi connectivity index (χ0) is 13.7. The molecule has 0 saturated heterocycles. The molecule has 0 saturated carbocycles. The standard InChI is InChI=1S/C15H21N3O/c1-4-16-15(10-19-11(2)3)12-5-6-13-14(9-12)18-8-7-17-13/h5-9,11,15-16H,4,10H2,1-3H3. The number of nitrogens with zero attached hydrogens (tertiary/aromatic N) is 2. The Morgan fingerprint density at radius 2 is 1.89 bits per heavy atom. The lowest BCUT2D eigenvalue weighted by Crippen LogP contribution is -2.26. The summed E-state index contributed by atoms with van der Waals surface area (Å²) < 4.78 is 5.72. The lowest BCUT2D eigenvalue weighted by molar-refractivity contribution is 0.0614. The summed E-state index contributed by atoms with van der Waals surface area (Å²) in [5.74, 6) is 0. The Morgan fingerprint density at radius 1 is 1.16 bits per heavy atom. The zero-order valence-corrected chi connectivity index (χ0v) is 11.8. The fourth-order valence-corrected chi connectivity index (χ4v) is 2.01. The minimum absolute atomic E-state index is 0.193. The summed E-state index contributed by atoms with van der Waals surface area (Å²) in [6, 6.07) is 6.38. The Labute approximate surface area is 114 Å². The van der Waals surface area contributed by atoms with Gasteiger partial charge in [0.1, 0.15) is 0 Å². The van der Waals surface area contributed by atoms with Gasteiger partial charge in [-0.3, -0.25) is 9.97 Å². The zero-order valence-electron chi connectivity index (χ0n) is 11.8. The van der Waals surface area contributed by atoms with E-state index in [0.717, 1.165) is 17.6 Å². The van der Waals surface area contributed by atoms with Crippen molar-refractivity contribution in [3.05, 3.63) is 36.2 Å². The van der Waals surface area contributed by atoms with Crippen LogP contribution in [-0.4, -0.2) is 29.2 Å². The van der Waals surface area contributed by atoms with Crippen molar-refractivity contribution in [1.82, 2.24) is 15.3 Å². The van der Waals surface area contributed by atoms with Crippen LogP contribution in [0.5, 0.6) is 0 Å². The van der Waals surface area contributed by atoms with Gasteiger partial charge < -0.3 is 10.1 Å². The molecule has 1 aromatic carbocycles. The molecule has 4 nitrogen and oxygen atoms in total. The van der Waals surface area contributed by atoms with Gasteiger partial charge in [-0.15, -0.1) is 0 Å². The number of hydrogen-bond donors (Lipinski definition) is 1. The molecule has 0 radical (unpaired) electrons. The van der Waals surface area contributed by atoms with Crippen LogP contribution in [0.25, 0.3) is 11.0 Å². The molecule has 0 bridgehead atoms. The van der Waals surface area contributed by atoms with E-state index in [1.807, 2.05) is 6.07 Å². The number of likely N-dealkylation sites (N-methyl/N-ethyl adjacent to an activating group) is 1. The molecule has 2 aromatic rings. The van der Waals surface area contributed by atoms with Crippen LogP contribution in [0.2, 0.25) is 0 Å². The van der Waals surface area contributed by atoms with E-state index in [-0.39, 0.29) is 12.1 Å². The highest BCUT2D eigenvalue weighted by Gasteiger charge is 2.12. The van der Waals surface area contributed by atoms with Gasteiger partial charge in [-0.2, -0.15) is 0 Å². The van der Waals surface area contributed by atoms with Crippen LogP contribution in [0.1, 0.15) is 32.4 Å². The number of hydrogen-bond acceptors (Lipinski definition) is 4. The smallest absolute Gasteiger partial charge is 0.0890 e. The maximum atomic E-state index is 5.72. The molecule has 1 N–H and O–H groups in total. The quantitative estimate of drug-likeness (QED) is 0.866. The molecule has 0 aliphatic heterocycles. The van der Waals surface area contributed by atoms with Gasteiger partial charge >= 0.3 is 0 Å². The van der Waals surface area contributed by atoms with Crippen molar-refractivity contribution in [2.45, 2.75) is 32.9 Å². The maximum Gasteiger partial charge on any atom is 0.0890 e. The van der Waals surface area contributed by atoms with Crippen molar-refractivity contribution in [2.75, 3.05) is 13.2 Å². The number of rotatable bonds is 6. The fraction of sp³-hybridized carbons (Fsp3) is 0.467. The van der Waals surface area contributed by atoms with Gasteiger partial charge in [-0.1, -0.05) is 13.0 Å². The first kappa shape index (κ1) is 13.9. The van der Waals surface area contributed by atoms with E-state index in [1.54, 1.807) is 12.4 Å². The monoisotopic (exact) mass is 259 g/mol. The lowest BCUT2D eigenvalue weighted by atomic mass is 10.1. The molecular formula is C15H21N3O. The van der Waals surface area contributed by atoms with E-state index in [2.05, 4.69) is 48.2 Å². The molecule has 1 aromatic heterocycles. The SMILES string of the molecule is CCNC(COC(C)C)c1ccc2nccnc2c1. The van der Waals surface area contributed by atoms with Gasteiger partial charge in [0, 0.05) is 12.4 Å². The summed E-state index contributed by atoms with van der Waals surface area (Å²) >= 11 is 0. The number of aromatic nitrogens is 2. The van der Waals surface area contributed by atoms with Crippen molar-refractivity contribution in [3.8, 4) is 0 Å². The van der Waals surface area contributed by atoms with E-state index < -0.39 is 0 Å². The predicted octanol–water partition coefficient (Wildman–Crippen LogP) is 2.71. The van der Waals surface area contributed by atoms with Crippen molar-refractivity contribution in [3.63, 3.8) is 0 Å². The molecule has 4 heteroatoms. The van der Waals surface area contributed by atoms with E-state index in [4.69, 9.17) is 4.74 Å². The highest BCUT2D eigenvalue weighted by molar-refractivity contribution is 5.74. The van der Waals surface area contributed by atoms with E-state index in [1.165, 1.54) is 5.56 Å². The van der Waals surface area contributed by atoms with Gasteiger partial charge in [0.05, 0.1) is 29.8 Å². The molecule has 1 heterocycles. The number of benzene rings is 1. The third kappa shape index (κ3) is 3.72. The van der Waals surface area contributed by atoms with Crippen molar-refractivity contribution in [2.24, 2.45) is 0 Å². The first-order chi connectivity index (χ1) is 9.20. The Hall–Kier alpha value is -1.52. The van der Waals surface area contributed by atoms with Gasteiger partial charge in [-0.05, 0) is 38.1 Å². The van der Waals surface area contributed by atoms with Crippen LogP contribution in [0.15, 0.2) is 30.6 Å². The van der Waals surface area contributed by atoms with Crippen LogP contribution in [0, 0.1) is 0 Å². The summed E-state index contributed by atoms with van der Waals surface area (Å²) in [4.78, 5) is 8.64. The minimum atomic E-state index is 0.193. The van der Waals surface area contributed by atoms with Gasteiger partial charge in [0.25, 0.3) is 0 Å². The van der Waals surface area contributed by atoms with Crippen molar-refractivity contribution >= 4 is 11.0 Å². The van der Waals surface area contributed by atoms with Crippen LogP contribution in [0.4, 0.5) is 0 Å². The van der Waals surface area contributed by atoms with Gasteiger partial charge in [-0.25, -0.2) is 0 Å². The summed E-state index contributed by atoms with van der Waals surface area (Å²) in [6.07, 6.45) is 3.67. The second-order valence-corrected chi connectivity index (χ2v) is 4.80. The molecule has 1 unspecified atom stereocenters. The average molecular weight is 259 g/mol. The summed E-state index contributed by atoms with van der Waals surface area (Å²) in [5.41, 5.74) is 3.04. The van der Waals surface area contributed by atoms with Gasteiger partial charge in [0.2, 0.25) is 0 Å². The molecule has 0 amide bonds. The Bertz CT molecular complexity index is 528. The Kier molecular flexibility index (Phi) is 4.82. The normalized spacial score (nSPS) is 13.1. The molecule has 0 spiro atoms. The number of ether oxygens (including phenoxy) is 1. The topological polar surface area (TPSA) is 47.0 Å². The first-order valence-electron chi connectivity index (χ1n) is 6.76. The molecule has 0 aliphatic carbocycles. The molecule has 19 heavy (non-hydrogen) atoms. The largest absolute Gasteiger partial charge is 0.377 e. The van der Waals surface area contributed by atoms with E-state index in [9.17, 15) is 0 Å². The number of nitrogens with one attached hydrogen (secondary N) is 1. The summed E-state index contributed by atoms with van der Waals surface area (Å²) in [5, 5.41) is 3.45. The highest BCUT2D eigenvalue weighted by atomic mass is 16.5. The third-order valence-corrected chi connectivity index (χ3v) is 2.94. The molecule has 2 rings (SSSR count). The average Bonchev–Trinajstić information content (AvgIpc) is 2.42. The molecule has 1 atom stereocenters. The number of fused-ring (bicyclic) bond motifs is 1. The molecule has 102 valence electrons. The van der Waals surface area contributed by atoms with Crippen LogP contribution < -0.4 is 5.32 Å².